The Labute approximate surface area is 181 Å². The van der Waals surface area contributed by atoms with E-state index >= 15 is 0 Å². The zero-order valence-electron chi connectivity index (χ0n) is 17.7. The average Bonchev–Trinajstić information content (AvgIpc) is 3.25. The molecule has 1 amide bonds. The fourth-order valence-electron chi connectivity index (χ4n) is 3.92. The second-order valence-electron chi connectivity index (χ2n) is 7.51. The van der Waals surface area contributed by atoms with E-state index in [0.717, 1.165) is 16.8 Å². The first-order chi connectivity index (χ1) is 15.1. The third-order valence-corrected chi connectivity index (χ3v) is 5.61. The van der Waals surface area contributed by atoms with E-state index in [0.29, 0.717) is 44.2 Å². The molecule has 2 aliphatic rings. The summed E-state index contributed by atoms with van der Waals surface area (Å²) < 4.78 is 29.7. The van der Waals surface area contributed by atoms with Crippen molar-refractivity contribution in [1.29, 1.82) is 0 Å². The van der Waals surface area contributed by atoms with Crippen LogP contribution in [0.5, 0.6) is 11.5 Å². The minimum atomic E-state index is -0.325. The fraction of sp³-hybridized carbons (Fsp3) is 0.391. The first-order valence-corrected chi connectivity index (χ1v) is 10.3. The number of morpholine rings is 1. The minimum absolute atomic E-state index is 0.0955. The van der Waals surface area contributed by atoms with Crippen LogP contribution in [-0.4, -0.2) is 68.6 Å². The van der Waals surface area contributed by atoms with E-state index in [9.17, 15) is 9.18 Å². The number of methoxy groups -OCH3 is 2. The summed E-state index contributed by atoms with van der Waals surface area (Å²) in [5.74, 6) is 0.895. The fourth-order valence-corrected chi connectivity index (χ4v) is 3.92. The van der Waals surface area contributed by atoms with Crippen LogP contribution in [0, 0.1) is 5.82 Å². The second-order valence-corrected chi connectivity index (χ2v) is 7.51. The number of ether oxygens (including phenoxy) is 3. The van der Waals surface area contributed by atoms with Gasteiger partial charge in [-0.1, -0.05) is 12.1 Å². The molecule has 0 saturated carbocycles. The number of halogens is 1. The van der Waals surface area contributed by atoms with Crippen molar-refractivity contribution in [3.8, 4) is 11.5 Å². The second kappa shape index (κ2) is 9.45. The molecule has 1 saturated heterocycles. The number of hydrazone groups is 1. The molecule has 164 valence electrons. The number of rotatable bonds is 6. The van der Waals surface area contributed by atoms with Crippen LogP contribution in [0.15, 0.2) is 47.6 Å². The smallest absolute Gasteiger partial charge is 0.257 e. The Morgan fingerprint density at radius 3 is 2.55 bits per heavy atom. The van der Waals surface area contributed by atoms with Gasteiger partial charge < -0.3 is 14.2 Å². The van der Waals surface area contributed by atoms with E-state index in [1.54, 1.807) is 37.4 Å². The maximum atomic E-state index is 13.4. The summed E-state index contributed by atoms with van der Waals surface area (Å²) in [5.41, 5.74) is 2.37. The largest absolute Gasteiger partial charge is 0.497 e. The number of amides is 1. The van der Waals surface area contributed by atoms with Crippen molar-refractivity contribution in [3.05, 3.63) is 59.4 Å². The monoisotopic (exact) mass is 427 g/mol. The highest BCUT2D eigenvalue weighted by Crippen LogP contribution is 2.39. The number of carbonyl (C=O) groups excluding carboxylic acids is 1. The van der Waals surface area contributed by atoms with Crippen LogP contribution < -0.4 is 9.47 Å². The summed E-state index contributed by atoms with van der Waals surface area (Å²) in [5, 5.41) is 6.20. The number of benzene rings is 2. The number of hydrogen-bond donors (Lipinski definition) is 0. The molecule has 0 N–H and O–H groups in total. The SMILES string of the molecule is COc1ccc(C2CC(c3ccc(F)cc3)=NN2C(=O)CN2CCOCC2)c(OC)c1. The maximum absolute atomic E-state index is 13.4. The summed E-state index contributed by atoms with van der Waals surface area (Å²) in [6, 6.07) is 11.4. The average molecular weight is 427 g/mol. The molecule has 0 spiro atoms. The van der Waals surface area contributed by atoms with Crippen molar-refractivity contribution in [2.45, 2.75) is 12.5 Å². The molecule has 0 aliphatic carbocycles. The molecule has 4 rings (SSSR count). The van der Waals surface area contributed by atoms with Crippen LogP contribution in [0.2, 0.25) is 0 Å². The molecule has 2 aromatic carbocycles. The van der Waals surface area contributed by atoms with Crippen LogP contribution in [0.4, 0.5) is 4.39 Å². The zero-order chi connectivity index (χ0) is 21.8. The number of nitrogens with zero attached hydrogens (tertiary/aromatic N) is 3. The lowest BCUT2D eigenvalue weighted by atomic mass is 9.97. The molecule has 31 heavy (non-hydrogen) atoms. The molecule has 0 bridgehead atoms. The van der Waals surface area contributed by atoms with Crippen LogP contribution in [0.25, 0.3) is 0 Å². The summed E-state index contributed by atoms with van der Waals surface area (Å²) in [4.78, 5) is 15.3. The molecule has 8 heteroatoms. The van der Waals surface area contributed by atoms with Gasteiger partial charge in [0, 0.05) is 31.1 Å². The van der Waals surface area contributed by atoms with Gasteiger partial charge in [0.05, 0.1) is 45.7 Å². The van der Waals surface area contributed by atoms with Crippen LogP contribution in [-0.2, 0) is 9.53 Å². The third kappa shape index (κ3) is 4.70. The van der Waals surface area contributed by atoms with Gasteiger partial charge in [-0.3, -0.25) is 9.69 Å². The molecule has 2 heterocycles. The molecule has 1 fully saturated rings. The summed E-state index contributed by atoms with van der Waals surface area (Å²) in [6.07, 6.45) is 0.503. The molecule has 2 aliphatic heterocycles. The Bertz CT molecular complexity index is 958. The highest BCUT2D eigenvalue weighted by atomic mass is 19.1. The molecule has 0 aromatic heterocycles. The van der Waals surface area contributed by atoms with E-state index in [1.807, 2.05) is 12.1 Å². The van der Waals surface area contributed by atoms with Gasteiger partial charge in [-0.15, -0.1) is 0 Å². The lowest BCUT2D eigenvalue weighted by Gasteiger charge is -2.29. The van der Waals surface area contributed by atoms with E-state index in [4.69, 9.17) is 14.2 Å². The number of carbonyl (C=O) groups is 1. The quantitative estimate of drug-likeness (QED) is 0.710. The van der Waals surface area contributed by atoms with Crippen molar-refractivity contribution in [3.63, 3.8) is 0 Å². The first-order valence-electron chi connectivity index (χ1n) is 10.3. The maximum Gasteiger partial charge on any atom is 0.257 e. The van der Waals surface area contributed by atoms with Crippen molar-refractivity contribution >= 4 is 11.6 Å². The van der Waals surface area contributed by atoms with Crippen molar-refractivity contribution in [1.82, 2.24) is 9.91 Å². The molecule has 0 radical (unpaired) electrons. The Balaban J connectivity index is 1.65. The first kappa shape index (κ1) is 21.3. The Morgan fingerprint density at radius 1 is 1.13 bits per heavy atom. The zero-order valence-corrected chi connectivity index (χ0v) is 17.7. The van der Waals surface area contributed by atoms with Crippen LogP contribution >= 0.6 is 0 Å². The van der Waals surface area contributed by atoms with Gasteiger partial charge in [0.1, 0.15) is 17.3 Å². The van der Waals surface area contributed by atoms with Gasteiger partial charge in [0.2, 0.25) is 0 Å². The highest BCUT2D eigenvalue weighted by Gasteiger charge is 2.35. The van der Waals surface area contributed by atoms with E-state index in [2.05, 4.69) is 10.0 Å². The normalized spacial score (nSPS) is 19.3. The van der Waals surface area contributed by atoms with Crippen LogP contribution in [0.1, 0.15) is 23.6 Å². The molecule has 1 atom stereocenters. The van der Waals surface area contributed by atoms with Crippen molar-refractivity contribution < 1.29 is 23.4 Å². The Hall–Kier alpha value is -2.97. The molecule has 1 unspecified atom stereocenters. The van der Waals surface area contributed by atoms with Gasteiger partial charge in [0.25, 0.3) is 5.91 Å². The summed E-state index contributed by atoms with van der Waals surface area (Å²) >= 11 is 0. The Kier molecular flexibility index (Phi) is 6.48. The van der Waals surface area contributed by atoms with E-state index < -0.39 is 0 Å². The predicted molar refractivity (Wildman–Crippen MR) is 114 cm³/mol. The molecular formula is C23H26FN3O4. The third-order valence-electron chi connectivity index (χ3n) is 5.61. The van der Waals surface area contributed by atoms with Gasteiger partial charge in [-0.2, -0.15) is 5.10 Å². The lowest BCUT2D eigenvalue weighted by Crippen LogP contribution is -2.43. The minimum Gasteiger partial charge on any atom is -0.497 e. The van der Waals surface area contributed by atoms with E-state index in [1.165, 1.54) is 12.1 Å². The summed E-state index contributed by atoms with van der Waals surface area (Å²) in [6.45, 7) is 2.92. The van der Waals surface area contributed by atoms with Crippen LogP contribution in [0.3, 0.4) is 0 Å². The standard InChI is InChI=1S/C23H26FN3O4/c1-29-18-7-8-19(22(13-18)30-2)21-14-20(16-3-5-17(24)6-4-16)25-27(21)23(28)15-26-9-11-31-12-10-26/h3-8,13,21H,9-12,14-15H2,1-2H3. The summed E-state index contributed by atoms with van der Waals surface area (Å²) in [7, 11) is 3.19. The molecular weight excluding hydrogens is 401 g/mol. The number of hydrogen-bond acceptors (Lipinski definition) is 6. The van der Waals surface area contributed by atoms with Crippen molar-refractivity contribution in [2.75, 3.05) is 47.1 Å². The van der Waals surface area contributed by atoms with E-state index in [-0.39, 0.29) is 24.3 Å². The van der Waals surface area contributed by atoms with Gasteiger partial charge in [0.15, 0.2) is 0 Å². The topological polar surface area (TPSA) is 63.6 Å². The lowest BCUT2D eigenvalue weighted by molar-refractivity contribution is -0.135. The molecule has 2 aromatic rings. The predicted octanol–water partition coefficient (Wildman–Crippen LogP) is 2.85. The van der Waals surface area contributed by atoms with Crippen molar-refractivity contribution in [2.24, 2.45) is 5.10 Å². The molecule has 7 nitrogen and oxygen atoms in total. The van der Waals surface area contributed by atoms with Gasteiger partial charge in [-0.05, 0) is 29.8 Å². The van der Waals surface area contributed by atoms with Gasteiger partial charge >= 0.3 is 0 Å². The highest BCUT2D eigenvalue weighted by molar-refractivity contribution is 6.03. The van der Waals surface area contributed by atoms with Gasteiger partial charge in [-0.25, -0.2) is 9.40 Å². The Morgan fingerprint density at radius 2 is 1.87 bits per heavy atom.